The van der Waals surface area contributed by atoms with E-state index in [9.17, 15) is 14.3 Å². The molecule has 15 heavy (non-hydrogen) atoms. The Morgan fingerprint density at radius 2 is 2.27 bits per heavy atom. The lowest BCUT2D eigenvalue weighted by Crippen LogP contribution is -2.27. The number of carbonyl (C=O) groups is 1. The minimum atomic E-state index is -1.21. The number of benzene rings is 1. The lowest BCUT2D eigenvalue weighted by Gasteiger charge is -2.11. The van der Waals surface area contributed by atoms with Crippen LogP contribution in [0.3, 0.4) is 0 Å². The molecule has 3 nitrogen and oxygen atoms in total. The van der Waals surface area contributed by atoms with E-state index in [2.05, 4.69) is 4.98 Å². The molecule has 0 fully saturated rings. The van der Waals surface area contributed by atoms with E-state index in [4.69, 9.17) is 0 Å². The number of carbonyl (C=O) groups excluding carboxylic acids is 1. The van der Waals surface area contributed by atoms with Crippen molar-refractivity contribution in [3.05, 3.63) is 35.8 Å². The molecule has 0 bridgehead atoms. The summed E-state index contributed by atoms with van der Waals surface area (Å²) < 4.78 is 13.5. The van der Waals surface area contributed by atoms with Gasteiger partial charge in [-0.05, 0) is 17.7 Å². The second-order valence-electron chi connectivity index (χ2n) is 3.45. The number of fused-ring (bicyclic) bond motifs is 1. The van der Waals surface area contributed by atoms with Gasteiger partial charge in [-0.15, -0.1) is 0 Å². The summed E-state index contributed by atoms with van der Waals surface area (Å²) in [6.45, 7) is 1.48. The normalized spacial score (nSPS) is 12.9. The van der Waals surface area contributed by atoms with Crippen LogP contribution in [-0.2, 0) is 4.79 Å². The maximum atomic E-state index is 13.5. The van der Waals surface area contributed by atoms with Crippen LogP contribution in [0.2, 0.25) is 0 Å². The number of carboxylic acid groups (broad SMARTS) is 1. The van der Waals surface area contributed by atoms with Gasteiger partial charge in [0.05, 0.1) is 0 Å². The minimum absolute atomic E-state index is 0.328. The maximum Gasteiger partial charge on any atom is 0.132 e. The molecule has 1 aromatic heterocycles. The Kier molecular flexibility index (Phi) is 2.19. The highest BCUT2D eigenvalue weighted by Crippen LogP contribution is 2.27. The Bertz CT molecular complexity index is 518. The summed E-state index contributed by atoms with van der Waals surface area (Å²) in [4.78, 5) is 13.5. The third kappa shape index (κ3) is 1.48. The molecule has 0 spiro atoms. The number of aromatic nitrogens is 1. The lowest BCUT2D eigenvalue weighted by atomic mass is 10.0. The Labute approximate surface area is 85.5 Å². The molecule has 2 aromatic rings. The Morgan fingerprint density at radius 3 is 2.93 bits per heavy atom. The molecule has 1 N–H and O–H groups in total. The maximum absolute atomic E-state index is 13.5. The highest BCUT2D eigenvalue weighted by atomic mass is 19.1. The molecule has 1 unspecified atom stereocenters. The van der Waals surface area contributed by atoms with Crippen LogP contribution in [0.1, 0.15) is 18.4 Å². The molecule has 0 saturated heterocycles. The van der Waals surface area contributed by atoms with E-state index in [1.165, 1.54) is 19.2 Å². The highest BCUT2D eigenvalue weighted by Gasteiger charge is 2.14. The smallest absolute Gasteiger partial charge is 0.132 e. The SMILES string of the molecule is CC(C(=O)[O-])c1c[nH]c2cccc(F)c12. The largest absolute Gasteiger partial charge is 0.550 e. The second kappa shape index (κ2) is 3.38. The molecule has 1 aromatic carbocycles. The third-order valence-electron chi connectivity index (χ3n) is 2.51. The van der Waals surface area contributed by atoms with Crippen molar-refractivity contribution in [3.63, 3.8) is 0 Å². The van der Waals surface area contributed by atoms with Crippen LogP contribution in [0, 0.1) is 5.82 Å². The molecule has 0 aliphatic carbocycles. The Morgan fingerprint density at radius 1 is 1.53 bits per heavy atom. The van der Waals surface area contributed by atoms with Crippen molar-refractivity contribution in [1.29, 1.82) is 0 Å². The number of nitrogens with one attached hydrogen (secondary N) is 1. The van der Waals surface area contributed by atoms with Gasteiger partial charge in [0.2, 0.25) is 0 Å². The van der Waals surface area contributed by atoms with Crippen LogP contribution >= 0.6 is 0 Å². The van der Waals surface area contributed by atoms with Gasteiger partial charge in [-0.3, -0.25) is 0 Å². The molecular weight excluding hydrogens is 197 g/mol. The fourth-order valence-electron chi connectivity index (χ4n) is 1.63. The van der Waals surface area contributed by atoms with Gasteiger partial charge in [-0.25, -0.2) is 4.39 Å². The molecule has 1 heterocycles. The van der Waals surface area contributed by atoms with Gasteiger partial charge in [-0.2, -0.15) is 0 Å². The summed E-state index contributed by atoms with van der Waals surface area (Å²) in [6, 6.07) is 4.58. The van der Waals surface area contributed by atoms with Gasteiger partial charge < -0.3 is 14.9 Å². The third-order valence-corrected chi connectivity index (χ3v) is 2.51. The van der Waals surface area contributed by atoms with Crippen molar-refractivity contribution in [1.82, 2.24) is 4.98 Å². The summed E-state index contributed by atoms with van der Waals surface area (Å²) in [7, 11) is 0. The van der Waals surface area contributed by atoms with Gasteiger partial charge >= 0.3 is 0 Å². The number of rotatable bonds is 2. The van der Waals surface area contributed by atoms with E-state index < -0.39 is 17.7 Å². The van der Waals surface area contributed by atoms with Crippen LogP contribution < -0.4 is 5.11 Å². The standard InChI is InChI=1S/C11H10FNO2/c1-6(11(14)15)7-5-13-9-4-2-3-8(12)10(7)9/h2-6,13H,1H3,(H,14,15)/p-1. The average Bonchev–Trinajstić information content (AvgIpc) is 2.61. The molecule has 4 heteroatoms. The number of carboxylic acids is 1. The fraction of sp³-hybridized carbons (Fsp3) is 0.182. The number of hydrogen-bond acceptors (Lipinski definition) is 2. The lowest BCUT2D eigenvalue weighted by molar-refractivity contribution is -0.307. The van der Waals surface area contributed by atoms with Crippen LogP contribution in [0.25, 0.3) is 10.9 Å². The van der Waals surface area contributed by atoms with E-state index in [0.717, 1.165) is 0 Å². The van der Waals surface area contributed by atoms with E-state index in [0.29, 0.717) is 16.5 Å². The molecule has 1 atom stereocenters. The van der Waals surface area contributed by atoms with E-state index in [1.807, 2.05) is 0 Å². The van der Waals surface area contributed by atoms with Gasteiger partial charge in [-0.1, -0.05) is 13.0 Å². The number of H-pyrrole nitrogens is 1. The first-order valence-electron chi connectivity index (χ1n) is 4.57. The highest BCUT2D eigenvalue weighted by molar-refractivity contribution is 5.89. The fourth-order valence-corrected chi connectivity index (χ4v) is 1.63. The predicted octanol–water partition coefficient (Wildman–Crippen LogP) is 1.16. The van der Waals surface area contributed by atoms with Crippen molar-refractivity contribution < 1.29 is 14.3 Å². The van der Waals surface area contributed by atoms with Crippen molar-refractivity contribution in [2.24, 2.45) is 0 Å². The zero-order valence-electron chi connectivity index (χ0n) is 8.08. The number of aliphatic carboxylic acids is 1. The summed E-state index contributed by atoms with van der Waals surface area (Å²) in [5.41, 5.74) is 1.02. The first-order valence-corrected chi connectivity index (χ1v) is 4.57. The summed E-state index contributed by atoms with van der Waals surface area (Å²) in [5, 5.41) is 11.0. The molecule has 0 radical (unpaired) electrons. The van der Waals surface area contributed by atoms with Crippen LogP contribution in [-0.4, -0.2) is 11.0 Å². The number of aromatic amines is 1. The van der Waals surface area contributed by atoms with E-state index in [1.54, 1.807) is 12.1 Å². The topological polar surface area (TPSA) is 55.9 Å². The molecule has 2 rings (SSSR count). The zero-order valence-corrected chi connectivity index (χ0v) is 8.08. The van der Waals surface area contributed by atoms with E-state index >= 15 is 0 Å². The average molecular weight is 206 g/mol. The quantitative estimate of drug-likeness (QED) is 0.801. The Balaban J connectivity index is 2.67. The molecule has 0 aliphatic rings. The van der Waals surface area contributed by atoms with Gasteiger partial charge in [0, 0.05) is 29.0 Å². The van der Waals surface area contributed by atoms with Gasteiger partial charge in [0.15, 0.2) is 0 Å². The summed E-state index contributed by atoms with van der Waals surface area (Å²) in [6.07, 6.45) is 1.51. The van der Waals surface area contributed by atoms with E-state index in [-0.39, 0.29) is 0 Å². The second-order valence-corrected chi connectivity index (χ2v) is 3.45. The van der Waals surface area contributed by atoms with Crippen LogP contribution in [0.4, 0.5) is 4.39 Å². The first-order chi connectivity index (χ1) is 7.11. The predicted molar refractivity (Wildman–Crippen MR) is 51.7 cm³/mol. The Hall–Kier alpha value is -1.84. The molecule has 78 valence electrons. The van der Waals surface area contributed by atoms with Gasteiger partial charge in [0.25, 0.3) is 0 Å². The molecule has 0 aliphatic heterocycles. The number of halogens is 1. The molecule has 0 amide bonds. The number of hydrogen-bond donors (Lipinski definition) is 1. The van der Waals surface area contributed by atoms with Crippen LogP contribution in [0.5, 0.6) is 0 Å². The van der Waals surface area contributed by atoms with Crippen molar-refractivity contribution in [3.8, 4) is 0 Å². The zero-order chi connectivity index (χ0) is 11.0. The van der Waals surface area contributed by atoms with Crippen molar-refractivity contribution in [2.75, 3.05) is 0 Å². The molecular formula is C11H9FNO2-. The molecule has 0 saturated carbocycles. The monoisotopic (exact) mass is 206 g/mol. The summed E-state index contributed by atoms with van der Waals surface area (Å²) in [5.74, 6) is -2.45. The summed E-state index contributed by atoms with van der Waals surface area (Å²) >= 11 is 0. The van der Waals surface area contributed by atoms with Crippen molar-refractivity contribution >= 4 is 16.9 Å². The first kappa shape index (κ1) is 9.71. The van der Waals surface area contributed by atoms with Gasteiger partial charge in [0.1, 0.15) is 5.82 Å². The van der Waals surface area contributed by atoms with Crippen molar-refractivity contribution in [2.45, 2.75) is 12.8 Å². The minimum Gasteiger partial charge on any atom is -0.550 e. The van der Waals surface area contributed by atoms with Crippen LogP contribution in [0.15, 0.2) is 24.4 Å².